The number of carbonyl (C=O) groups is 1. The maximum absolute atomic E-state index is 12.6. The van der Waals surface area contributed by atoms with Crippen molar-refractivity contribution < 1.29 is 23.4 Å². The molecule has 2 unspecified atom stereocenters. The van der Waals surface area contributed by atoms with Gasteiger partial charge in [0.05, 0.1) is 4.90 Å². The molecule has 0 heterocycles. The van der Waals surface area contributed by atoms with Crippen LogP contribution in [0.15, 0.2) is 77.7 Å². The minimum Gasteiger partial charge on any atom is -0.480 e. The summed E-state index contributed by atoms with van der Waals surface area (Å²) in [6.07, 6.45) is -1.52. The summed E-state index contributed by atoms with van der Waals surface area (Å²) in [5.41, 5.74) is 0.307. The molecule has 2 atom stereocenters. The molecule has 0 aliphatic heterocycles. The van der Waals surface area contributed by atoms with Crippen LogP contribution in [0.1, 0.15) is 11.7 Å². The number of nitrogens with one attached hydrogen (secondary N) is 1. The molecule has 3 rings (SSSR count). The Labute approximate surface area is 150 Å². The molecule has 3 N–H and O–H groups in total. The molecule has 0 spiro atoms. The first-order valence-corrected chi connectivity index (χ1v) is 9.34. The van der Waals surface area contributed by atoms with Gasteiger partial charge in [0.2, 0.25) is 10.0 Å². The Morgan fingerprint density at radius 3 is 2.15 bits per heavy atom. The summed E-state index contributed by atoms with van der Waals surface area (Å²) < 4.78 is 27.4. The lowest BCUT2D eigenvalue weighted by Gasteiger charge is -2.21. The zero-order chi connectivity index (χ0) is 18.7. The Balaban J connectivity index is 1.93. The van der Waals surface area contributed by atoms with E-state index in [-0.39, 0.29) is 4.90 Å². The maximum Gasteiger partial charge on any atom is 0.324 e. The maximum atomic E-state index is 12.6. The molecule has 26 heavy (non-hydrogen) atoms. The van der Waals surface area contributed by atoms with Crippen LogP contribution < -0.4 is 4.72 Å². The van der Waals surface area contributed by atoms with E-state index < -0.39 is 28.1 Å². The lowest BCUT2D eigenvalue weighted by atomic mass is 10.0. The summed E-state index contributed by atoms with van der Waals surface area (Å²) in [5.74, 6) is -1.47. The molecule has 0 bridgehead atoms. The van der Waals surface area contributed by atoms with Crippen molar-refractivity contribution >= 4 is 26.8 Å². The Kier molecular flexibility index (Phi) is 5.03. The molecule has 7 heteroatoms. The van der Waals surface area contributed by atoms with Crippen molar-refractivity contribution in [2.75, 3.05) is 0 Å². The quantitative estimate of drug-likeness (QED) is 0.617. The van der Waals surface area contributed by atoms with Crippen LogP contribution >= 0.6 is 0 Å². The highest BCUT2D eigenvalue weighted by molar-refractivity contribution is 7.89. The fourth-order valence-corrected chi connectivity index (χ4v) is 3.89. The highest BCUT2D eigenvalue weighted by atomic mass is 32.2. The van der Waals surface area contributed by atoms with E-state index in [2.05, 4.69) is 4.72 Å². The van der Waals surface area contributed by atoms with Gasteiger partial charge in [0.25, 0.3) is 0 Å². The first-order valence-electron chi connectivity index (χ1n) is 7.85. The van der Waals surface area contributed by atoms with E-state index in [0.29, 0.717) is 10.9 Å². The number of aliphatic hydroxyl groups is 1. The van der Waals surface area contributed by atoms with Crippen molar-refractivity contribution in [3.63, 3.8) is 0 Å². The minimum absolute atomic E-state index is 0.0669. The van der Waals surface area contributed by atoms with Gasteiger partial charge in [-0.2, -0.15) is 4.72 Å². The molecular formula is C19H17NO5S. The van der Waals surface area contributed by atoms with Gasteiger partial charge in [-0.3, -0.25) is 4.79 Å². The van der Waals surface area contributed by atoms with Crippen molar-refractivity contribution in [1.29, 1.82) is 0 Å². The van der Waals surface area contributed by atoms with Gasteiger partial charge >= 0.3 is 5.97 Å². The Morgan fingerprint density at radius 2 is 1.50 bits per heavy atom. The second kappa shape index (κ2) is 7.25. The van der Waals surface area contributed by atoms with Gasteiger partial charge < -0.3 is 10.2 Å². The molecule has 134 valence electrons. The predicted molar refractivity (Wildman–Crippen MR) is 97.1 cm³/mol. The van der Waals surface area contributed by atoms with Crippen molar-refractivity contribution in [1.82, 2.24) is 4.72 Å². The summed E-state index contributed by atoms with van der Waals surface area (Å²) in [5, 5.41) is 21.3. The molecule has 0 amide bonds. The number of benzene rings is 3. The molecule has 0 aromatic heterocycles. The fraction of sp³-hybridized carbons (Fsp3) is 0.105. The van der Waals surface area contributed by atoms with Gasteiger partial charge in [-0.25, -0.2) is 8.42 Å². The van der Waals surface area contributed by atoms with Crippen LogP contribution in [0.25, 0.3) is 10.8 Å². The average Bonchev–Trinajstić information content (AvgIpc) is 2.65. The van der Waals surface area contributed by atoms with Crippen molar-refractivity contribution in [2.24, 2.45) is 0 Å². The van der Waals surface area contributed by atoms with E-state index in [1.807, 2.05) is 12.1 Å². The standard InChI is InChI=1S/C19H17NO5S/c21-18(14-7-2-1-3-8-14)17(19(22)23)20-26(24,25)16-11-10-13-6-4-5-9-15(13)12-16/h1-12,17-18,20-21H,(H,22,23). The van der Waals surface area contributed by atoms with Crippen molar-refractivity contribution in [3.8, 4) is 0 Å². The third-order valence-electron chi connectivity index (χ3n) is 4.04. The summed E-state index contributed by atoms with van der Waals surface area (Å²) >= 11 is 0. The number of aliphatic hydroxyl groups excluding tert-OH is 1. The highest BCUT2D eigenvalue weighted by Gasteiger charge is 2.32. The van der Waals surface area contributed by atoms with Crippen LogP contribution in [-0.2, 0) is 14.8 Å². The molecule has 3 aromatic rings. The van der Waals surface area contributed by atoms with Crippen LogP contribution in [-0.4, -0.2) is 30.6 Å². The van der Waals surface area contributed by atoms with Crippen LogP contribution in [0.4, 0.5) is 0 Å². The first-order chi connectivity index (χ1) is 12.4. The third kappa shape index (κ3) is 3.75. The molecule has 0 fully saturated rings. The number of sulfonamides is 1. The zero-order valence-electron chi connectivity index (χ0n) is 13.6. The van der Waals surface area contributed by atoms with E-state index >= 15 is 0 Å². The summed E-state index contributed by atoms with van der Waals surface area (Å²) in [7, 11) is -4.14. The van der Waals surface area contributed by atoms with E-state index in [1.165, 1.54) is 24.3 Å². The third-order valence-corrected chi connectivity index (χ3v) is 5.48. The average molecular weight is 371 g/mol. The van der Waals surface area contributed by atoms with E-state index in [4.69, 9.17) is 0 Å². The molecule has 0 saturated carbocycles. The van der Waals surface area contributed by atoms with Gasteiger partial charge in [0.1, 0.15) is 12.1 Å². The Morgan fingerprint density at radius 1 is 0.885 bits per heavy atom. The number of fused-ring (bicyclic) bond motifs is 1. The minimum atomic E-state index is -4.14. The lowest BCUT2D eigenvalue weighted by Crippen LogP contribution is -2.44. The SMILES string of the molecule is O=C(O)C(NS(=O)(=O)c1ccc2ccccc2c1)C(O)c1ccccc1. The molecule has 6 nitrogen and oxygen atoms in total. The van der Waals surface area contributed by atoms with E-state index in [1.54, 1.807) is 36.4 Å². The second-order valence-electron chi connectivity index (χ2n) is 5.80. The van der Waals surface area contributed by atoms with Gasteiger partial charge in [-0.05, 0) is 28.5 Å². The molecule has 0 saturated heterocycles. The van der Waals surface area contributed by atoms with Gasteiger partial charge in [-0.1, -0.05) is 60.7 Å². The molecule has 0 radical (unpaired) electrons. The zero-order valence-corrected chi connectivity index (χ0v) is 14.4. The van der Waals surface area contributed by atoms with Crippen LogP contribution in [0.2, 0.25) is 0 Å². The molecule has 0 aliphatic rings. The Hall–Kier alpha value is -2.74. The molecule has 3 aromatic carbocycles. The summed E-state index contributed by atoms with van der Waals surface area (Å²) in [4.78, 5) is 11.5. The summed E-state index contributed by atoms with van der Waals surface area (Å²) in [6.45, 7) is 0. The van der Waals surface area contributed by atoms with Crippen LogP contribution in [0.3, 0.4) is 0 Å². The summed E-state index contributed by atoms with van der Waals surface area (Å²) in [6, 6.07) is 18.1. The molecule has 0 aliphatic carbocycles. The number of hydrogen-bond acceptors (Lipinski definition) is 4. The number of aliphatic carboxylic acids is 1. The largest absolute Gasteiger partial charge is 0.480 e. The second-order valence-corrected chi connectivity index (χ2v) is 7.52. The lowest BCUT2D eigenvalue weighted by molar-refractivity contribution is -0.141. The molecular weight excluding hydrogens is 354 g/mol. The number of rotatable bonds is 6. The van der Waals surface area contributed by atoms with Crippen molar-refractivity contribution in [3.05, 3.63) is 78.4 Å². The topological polar surface area (TPSA) is 104 Å². The van der Waals surface area contributed by atoms with Gasteiger partial charge in [-0.15, -0.1) is 0 Å². The van der Waals surface area contributed by atoms with Crippen LogP contribution in [0.5, 0.6) is 0 Å². The monoisotopic (exact) mass is 371 g/mol. The van der Waals surface area contributed by atoms with E-state index in [9.17, 15) is 23.4 Å². The number of carboxylic acid groups (broad SMARTS) is 1. The normalized spacial score (nSPS) is 14.0. The highest BCUT2D eigenvalue weighted by Crippen LogP contribution is 2.22. The number of hydrogen-bond donors (Lipinski definition) is 3. The van der Waals surface area contributed by atoms with Crippen LogP contribution in [0, 0.1) is 0 Å². The smallest absolute Gasteiger partial charge is 0.324 e. The Bertz CT molecular complexity index is 1030. The van der Waals surface area contributed by atoms with Crippen molar-refractivity contribution in [2.45, 2.75) is 17.0 Å². The fourth-order valence-electron chi connectivity index (χ4n) is 2.66. The van der Waals surface area contributed by atoms with E-state index in [0.717, 1.165) is 5.39 Å². The number of carboxylic acids is 1. The predicted octanol–water partition coefficient (Wildman–Crippen LogP) is 2.30. The van der Waals surface area contributed by atoms with Gasteiger partial charge in [0.15, 0.2) is 0 Å². The van der Waals surface area contributed by atoms with Gasteiger partial charge in [0, 0.05) is 0 Å². The first kappa shape index (κ1) is 18.1.